The van der Waals surface area contributed by atoms with Crippen molar-refractivity contribution in [3.63, 3.8) is 0 Å². The van der Waals surface area contributed by atoms with Crippen LogP contribution in [-0.2, 0) is 0 Å². The summed E-state index contributed by atoms with van der Waals surface area (Å²) in [5.41, 5.74) is 1.24. The second kappa shape index (κ2) is 24.8. The summed E-state index contributed by atoms with van der Waals surface area (Å²) in [6, 6.07) is 0. The highest BCUT2D eigenvalue weighted by Crippen LogP contribution is 1.92. The van der Waals surface area contributed by atoms with Gasteiger partial charge < -0.3 is 0 Å². The normalized spacial score (nSPS) is 11.1. The van der Waals surface area contributed by atoms with Crippen LogP contribution in [0.1, 0.15) is 54.4 Å². The number of hydrogen-bond acceptors (Lipinski definition) is 0. The fourth-order valence-electron chi connectivity index (χ4n) is 0.727. The van der Waals surface area contributed by atoms with E-state index in [0.717, 1.165) is 0 Å². The topological polar surface area (TPSA) is 0 Å². The van der Waals surface area contributed by atoms with Crippen molar-refractivity contribution in [3.8, 4) is 0 Å². The van der Waals surface area contributed by atoms with Gasteiger partial charge in [0.15, 0.2) is 0 Å². The van der Waals surface area contributed by atoms with Crippen molar-refractivity contribution in [1.82, 2.24) is 0 Å². The summed E-state index contributed by atoms with van der Waals surface area (Å²) in [5, 5.41) is 0. The molecule has 0 aliphatic carbocycles. The van der Waals surface area contributed by atoms with Gasteiger partial charge in [0.1, 0.15) is 0 Å². The summed E-state index contributed by atoms with van der Waals surface area (Å²) in [5.74, 6) is 0. The predicted molar refractivity (Wildman–Crippen MR) is 89.0 cm³/mol. The lowest BCUT2D eigenvalue weighted by molar-refractivity contribution is 0.886. The fourth-order valence-corrected chi connectivity index (χ4v) is 0.727. The van der Waals surface area contributed by atoms with Crippen LogP contribution in [0.4, 0.5) is 0 Å². The SMILES string of the molecule is C/C=C\C=C/C.C=C/C=C(C)\C=C/C.CCCC. The summed E-state index contributed by atoms with van der Waals surface area (Å²) in [6.07, 6.45) is 18.5. The Morgan fingerprint density at radius 2 is 1.33 bits per heavy atom. The molecule has 0 radical (unpaired) electrons. The zero-order valence-electron chi connectivity index (χ0n) is 13.2. The molecule has 0 fully saturated rings. The molecule has 0 atom stereocenters. The molecule has 0 saturated carbocycles. The molecule has 0 heteroatoms. The van der Waals surface area contributed by atoms with Crippen LogP contribution in [-0.4, -0.2) is 0 Å². The van der Waals surface area contributed by atoms with Crippen LogP contribution in [0.2, 0.25) is 0 Å². The van der Waals surface area contributed by atoms with E-state index in [2.05, 4.69) is 20.4 Å². The van der Waals surface area contributed by atoms with Gasteiger partial charge in [-0.05, 0) is 27.7 Å². The Morgan fingerprint density at radius 1 is 0.889 bits per heavy atom. The second-order valence-corrected chi connectivity index (χ2v) is 3.70. The molecule has 0 aliphatic rings. The summed E-state index contributed by atoms with van der Waals surface area (Å²) in [7, 11) is 0. The third kappa shape index (κ3) is 36.5. The van der Waals surface area contributed by atoms with Gasteiger partial charge in [-0.15, -0.1) is 0 Å². The lowest BCUT2D eigenvalue weighted by atomic mass is 10.2. The lowest BCUT2D eigenvalue weighted by Gasteiger charge is -1.82. The monoisotopic (exact) mass is 248 g/mol. The van der Waals surface area contributed by atoms with Gasteiger partial charge in [-0.25, -0.2) is 0 Å². The predicted octanol–water partition coefficient (Wildman–Crippen LogP) is 6.64. The van der Waals surface area contributed by atoms with Crippen LogP contribution < -0.4 is 0 Å². The van der Waals surface area contributed by atoms with Crippen LogP contribution in [0.3, 0.4) is 0 Å². The molecule has 0 heterocycles. The van der Waals surface area contributed by atoms with Crippen molar-refractivity contribution < 1.29 is 0 Å². The van der Waals surface area contributed by atoms with Gasteiger partial charge in [-0.1, -0.05) is 87.4 Å². The highest BCUT2D eigenvalue weighted by atomic mass is 13.8. The van der Waals surface area contributed by atoms with Gasteiger partial charge in [0.25, 0.3) is 0 Å². The Hall–Kier alpha value is -1.30. The molecule has 0 spiro atoms. The third-order valence-corrected chi connectivity index (χ3v) is 1.81. The molecule has 0 aromatic heterocycles. The minimum Gasteiger partial charge on any atom is -0.0991 e. The number of rotatable bonds is 4. The zero-order valence-corrected chi connectivity index (χ0v) is 13.2. The second-order valence-electron chi connectivity index (χ2n) is 3.70. The molecule has 0 N–H and O–H groups in total. The minimum absolute atomic E-state index is 1.24. The van der Waals surface area contributed by atoms with Crippen LogP contribution in [0, 0.1) is 0 Å². The molecular formula is C18H32. The maximum atomic E-state index is 3.57. The van der Waals surface area contributed by atoms with Crippen LogP contribution in [0.5, 0.6) is 0 Å². The highest BCUT2D eigenvalue weighted by molar-refractivity contribution is 5.19. The van der Waals surface area contributed by atoms with E-state index in [1.807, 2.05) is 70.2 Å². The zero-order chi connectivity index (χ0) is 14.6. The van der Waals surface area contributed by atoms with E-state index in [4.69, 9.17) is 0 Å². The molecule has 0 unspecified atom stereocenters. The molecule has 0 aromatic carbocycles. The largest absolute Gasteiger partial charge is 0.0991 e. The Morgan fingerprint density at radius 3 is 1.56 bits per heavy atom. The molecule has 0 nitrogen and oxygen atoms in total. The maximum Gasteiger partial charge on any atom is -0.0398 e. The standard InChI is InChI=1S/C8H12.C6H10.C4H10/c1-4-6-8(3)7-5-2;1-3-5-6-4-2;1-3-4-2/h4-7H,1H2,2-3H3;3-6H,1-2H3;3-4H2,1-2H3/b7-5-,8-6-;5-3-,6-4-;. The Labute approximate surface area is 116 Å². The van der Waals surface area contributed by atoms with Crippen molar-refractivity contribution in [1.29, 1.82) is 0 Å². The first kappa shape index (κ1) is 21.9. The first-order chi connectivity index (χ1) is 8.64. The van der Waals surface area contributed by atoms with Gasteiger partial charge in [0.05, 0.1) is 0 Å². The van der Waals surface area contributed by atoms with Crippen LogP contribution >= 0.6 is 0 Å². The highest BCUT2D eigenvalue weighted by Gasteiger charge is 1.71. The van der Waals surface area contributed by atoms with Gasteiger partial charge in [-0.3, -0.25) is 0 Å². The Balaban J connectivity index is -0.000000200. The molecule has 104 valence electrons. The molecular weight excluding hydrogens is 216 g/mol. The molecule has 0 aliphatic heterocycles. The van der Waals surface area contributed by atoms with E-state index in [-0.39, 0.29) is 0 Å². The Bertz CT molecular complexity index is 237. The van der Waals surface area contributed by atoms with Crippen molar-refractivity contribution in [2.45, 2.75) is 54.4 Å². The lowest BCUT2D eigenvalue weighted by Crippen LogP contribution is -1.61. The summed E-state index contributed by atoms with van der Waals surface area (Å²) in [6.45, 7) is 16.0. The van der Waals surface area contributed by atoms with Gasteiger partial charge >= 0.3 is 0 Å². The summed E-state index contributed by atoms with van der Waals surface area (Å²) >= 11 is 0. The molecule has 0 saturated heterocycles. The summed E-state index contributed by atoms with van der Waals surface area (Å²) < 4.78 is 0. The first-order valence-corrected chi connectivity index (χ1v) is 6.80. The van der Waals surface area contributed by atoms with Crippen molar-refractivity contribution in [2.75, 3.05) is 0 Å². The number of allylic oxidation sites excluding steroid dienone is 9. The average Bonchev–Trinajstić information content (AvgIpc) is 2.38. The molecule has 0 amide bonds. The van der Waals surface area contributed by atoms with Gasteiger partial charge in [-0.2, -0.15) is 0 Å². The molecule has 18 heavy (non-hydrogen) atoms. The van der Waals surface area contributed by atoms with Gasteiger partial charge in [0.2, 0.25) is 0 Å². The van der Waals surface area contributed by atoms with E-state index in [0.29, 0.717) is 0 Å². The van der Waals surface area contributed by atoms with E-state index < -0.39 is 0 Å². The van der Waals surface area contributed by atoms with E-state index in [1.165, 1.54) is 18.4 Å². The van der Waals surface area contributed by atoms with Crippen molar-refractivity contribution in [2.24, 2.45) is 0 Å². The number of unbranched alkanes of at least 4 members (excludes halogenated alkanes) is 1. The minimum atomic E-state index is 1.24. The summed E-state index contributed by atoms with van der Waals surface area (Å²) in [4.78, 5) is 0. The molecule has 0 aromatic rings. The molecule has 0 bridgehead atoms. The average molecular weight is 248 g/mol. The third-order valence-electron chi connectivity index (χ3n) is 1.81. The number of hydrogen-bond donors (Lipinski definition) is 0. The molecule has 0 rings (SSSR count). The van der Waals surface area contributed by atoms with E-state index in [1.54, 1.807) is 6.08 Å². The maximum absolute atomic E-state index is 3.57. The quantitative estimate of drug-likeness (QED) is 0.489. The smallest absolute Gasteiger partial charge is 0.0398 e. The van der Waals surface area contributed by atoms with Crippen molar-refractivity contribution >= 4 is 0 Å². The van der Waals surface area contributed by atoms with E-state index >= 15 is 0 Å². The fraction of sp³-hybridized carbons (Fsp3) is 0.444. The van der Waals surface area contributed by atoms with Crippen LogP contribution in [0.15, 0.2) is 60.8 Å². The first-order valence-electron chi connectivity index (χ1n) is 6.80. The van der Waals surface area contributed by atoms with Gasteiger partial charge in [0, 0.05) is 0 Å². The van der Waals surface area contributed by atoms with Crippen molar-refractivity contribution in [3.05, 3.63) is 60.8 Å². The van der Waals surface area contributed by atoms with E-state index in [9.17, 15) is 0 Å². The van der Waals surface area contributed by atoms with Crippen LogP contribution in [0.25, 0.3) is 0 Å². The Kier molecular flexibility index (Phi) is 30.2.